The van der Waals surface area contributed by atoms with Crippen molar-refractivity contribution in [2.24, 2.45) is 0 Å². The van der Waals surface area contributed by atoms with E-state index in [1.165, 1.54) is 0 Å². The molecule has 0 radical (unpaired) electrons. The number of rotatable bonds is 5. The first-order valence-corrected chi connectivity index (χ1v) is 7.78. The van der Waals surface area contributed by atoms with Gasteiger partial charge in [-0.25, -0.2) is 4.39 Å². The minimum atomic E-state index is -0.314. The van der Waals surface area contributed by atoms with Gasteiger partial charge in [-0.15, -0.1) is 0 Å². The molecule has 1 aromatic carbocycles. The van der Waals surface area contributed by atoms with Crippen LogP contribution in [0.1, 0.15) is 45.1 Å². The number of benzene rings is 1. The molecule has 2 rings (SSSR count). The maximum Gasteiger partial charge on any atom is 0.146 e. The molecule has 0 amide bonds. The Morgan fingerprint density at radius 3 is 2.85 bits per heavy atom. The van der Waals surface area contributed by atoms with Crippen LogP contribution in [0.3, 0.4) is 0 Å². The van der Waals surface area contributed by atoms with E-state index in [1.54, 1.807) is 18.2 Å². The van der Waals surface area contributed by atoms with Crippen LogP contribution in [0.15, 0.2) is 18.2 Å². The molecule has 1 N–H and O–H groups in total. The molecular formula is C16H23ClFNO. The molecule has 0 spiro atoms. The van der Waals surface area contributed by atoms with E-state index in [0.717, 1.165) is 32.3 Å². The molecule has 112 valence electrons. The quantitative estimate of drug-likeness (QED) is 0.875. The third-order valence-corrected chi connectivity index (χ3v) is 4.69. The predicted octanol–water partition coefficient (Wildman–Crippen LogP) is 4.31. The molecule has 1 saturated heterocycles. The zero-order valence-corrected chi connectivity index (χ0v) is 13.0. The zero-order chi connectivity index (χ0) is 14.6. The topological polar surface area (TPSA) is 21.3 Å². The van der Waals surface area contributed by atoms with Crippen molar-refractivity contribution in [2.75, 3.05) is 6.61 Å². The molecule has 1 fully saturated rings. The molecule has 1 aliphatic rings. The molecule has 20 heavy (non-hydrogen) atoms. The van der Waals surface area contributed by atoms with Gasteiger partial charge in [0.15, 0.2) is 0 Å². The van der Waals surface area contributed by atoms with Gasteiger partial charge in [0.2, 0.25) is 0 Å². The normalized spacial score (nSPS) is 21.9. The second kappa shape index (κ2) is 6.88. The molecule has 0 saturated carbocycles. The highest BCUT2D eigenvalue weighted by atomic mass is 35.5. The zero-order valence-electron chi connectivity index (χ0n) is 12.2. The highest BCUT2D eigenvalue weighted by Gasteiger charge is 2.34. The van der Waals surface area contributed by atoms with Gasteiger partial charge in [-0.1, -0.05) is 37.6 Å². The van der Waals surface area contributed by atoms with Crippen molar-refractivity contribution in [3.05, 3.63) is 34.6 Å². The third-order valence-electron chi connectivity index (χ3n) is 4.39. The summed E-state index contributed by atoms with van der Waals surface area (Å²) in [7, 11) is 0. The summed E-state index contributed by atoms with van der Waals surface area (Å²) in [6.45, 7) is 5.63. The fourth-order valence-electron chi connectivity index (χ4n) is 2.88. The Morgan fingerprint density at radius 2 is 2.15 bits per heavy atom. The summed E-state index contributed by atoms with van der Waals surface area (Å²) in [5.74, 6) is -0.314. The van der Waals surface area contributed by atoms with Crippen LogP contribution in [0.2, 0.25) is 5.02 Å². The second-order valence-electron chi connectivity index (χ2n) is 5.52. The summed E-state index contributed by atoms with van der Waals surface area (Å²) < 4.78 is 19.8. The van der Waals surface area contributed by atoms with Crippen molar-refractivity contribution in [3.8, 4) is 0 Å². The van der Waals surface area contributed by atoms with E-state index in [1.807, 2.05) is 0 Å². The molecule has 1 atom stereocenters. The lowest BCUT2D eigenvalue weighted by atomic mass is 9.86. The SMILES string of the molecule is CCC1(CC)CC(NCc2cccc(Cl)c2F)CCO1. The van der Waals surface area contributed by atoms with Gasteiger partial charge in [0.1, 0.15) is 5.82 Å². The molecular weight excluding hydrogens is 277 g/mol. The summed E-state index contributed by atoms with van der Waals surface area (Å²) in [6.07, 6.45) is 4.01. The molecule has 2 nitrogen and oxygen atoms in total. The lowest BCUT2D eigenvalue weighted by Crippen LogP contribution is -2.46. The van der Waals surface area contributed by atoms with Crippen LogP contribution in [0.25, 0.3) is 0 Å². The summed E-state index contributed by atoms with van der Waals surface area (Å²) in [5, 5.41) is 3.64. The Hall–Kier alpha value is -0.640. The molecule has 1 unspecified atom stereocenters. The van der Waals surface area contributed by atoms with Gasteiger partial charge in [0.25, 0.3) is 0 Å². The van der Waals surface area contributed by atoms with Crippen LogP contribution in [-0.2, 0) is 11.3 Å². The van der Waals surface area contributed by atoms with Crippen molar-refractivity contribution >= 4 is 11.6 Å². The average molecular weight is 300 g/mol. The van der Waals surface area contributed by atoms with Gasteiger partial charge in [-0.05, 0) is 31.7 Å². The van der Waals surface area contributed by atoms with E-state index in [0.29, 0.717) is 18.2 Å². The number of nitrogens with one attached hydrogen (secondary N) is 1. The van der Waals surface area contributed by atoms with E-state index < -0.39 is 0 Å². The first-order valence-electron chi connectivity index (χ1n) is 7.40. The molecule has 1 heterocycles. The molecule has 4 heteroatoms. The van der Waals surface area contributed by atoms with E-state index in [9.17, 15) is 4.39 Å². The maximum atomic E-state index is 13.8. The minimum Gasteiger partial charge on any atom is -0.375 e. The minimum absolute atomic E-state index is 0.0111. The first-order chi connectivity index (χ1) is 9.60. The van der Waals surface area contributed by atoms with Crippen molar-refractivity contribution < 1.29 is 9.13 Å². The average Bonchev–Trinajstić information content (AvgIpc) is 2.49. The summed E-state index contributed by atoms with van der Waals surface area (Å²) in [5.41, 5.74) is 0.616. The highest BCUT2D eigenvalue weighted by Crippen LogP contribution is 2.31. The fraction of sp³-hybridized carbons (Fsp3) is 0.625. The second-order valence-corrected chi connectivity index (χ2v) is 5.93. The van der Waals surface area contributed by atoms with Crippen LogP contribution in [0, 0.1) is 5.82 Å². The van der Waals surface area contributed by atoms with Crippen molar-refractivity contribution in [1.82, 2.24) is 5.32 Å². The first kappa shape index (κ1) is 15.7. The van der Waals surface area contributed by atoms with Crippen LogP contribution in [-0.4, -0.2) is 18.2 Å². The Kier molecular flexibility index (Phi) is 5.42. The molecule has 0 aliphatic carbocycles. The van der Waals surface area contributed by atoms with Gasteiger partial charge in [-0.3, -0.25) is 0 Å². The number of hydrogen-bond donors (Lipinski definition) is 1. The van der Waals surface area contributed by atoms with Crippen molar-refractivity contribution in [2.45, 2.75) is 57.7 Å². The Balaban J connectivity index is 1.95. The largest absolute Gasteiger partial charge is 0.375 e. The predicted molar refractivity (Wildman–Crippen MR) is 80.5 cm³/mol. The summed E-state index contributed by atoms with van der Waals surface area (Å²) >= 11 is 5.80. The molecule has 1 aromatic rings. The number of halogens is 2. The lowest BCUT2D eigenvalue weighted by molar-refractivity contribution is -0.0932. The van der Waals surface area contributed by atoms with Crippen molar-refractivity contribution in [1.29, 1.82) is 0 Å². The van der Waals surface area contributed by atoms with Gasteiger partial charge >= 0.3 is 0 Å². The van der Waals surface area contributed by atoms with Crippen molar-refractivity contribution in [3.63, 3.8) is 0 Å². The van der Waals surface area contributed by atoms with Gasteiger partial charge in [0, 0.05) is 24.8 Å². The van der Waals surface area contributed by atoms with Crippen LogP contribution in [0.5, 0.6) is 0 Å². The van der Waals surface area contributed by atoms with Crippen LogP contribution < -0.4 is 5.32 Å². The smallest absolute Gasteiger partial charge is 0.146 e. The third kappa shape index (κ3) is 3.51. The fourth-order valence-corrected chi connectivity index (χ4v) is 3.08. The van der Waals surface area contributed by atoms with Gasteiger partial charge in [0.05, 0.1) is 10.6 Å². The van der Waals surface area contributed by atoms with Gasteiger partial charge in [-0.2, -0.15) is 0 Å². The standard InChI is InChI=1S/C16H23ClFNO/c1-3-16(4-2)10-13(8-9-20-16)19-11-12-6-5-7-14(17)15(12)18/h5-7,13,19H,3-4,8-11H2,1-2H3. The molecule has 1 aliphatic heterocycles. The van der Waals surface area contributed by atoms with E-state index in [-0.39, 0.29) is 16.4 Å². The lowest BCUT2D eigenvalue weighted by Gasteiger charge is -2.40. The number of hydrogen-bond acceptors (Lipinski definition) is 2. The van der Waals surface area contributed by atoms with Crippen LogP contribution >= 0.6 is 11.6 Å². The summed E-state index contributed by atoms with van der Waals surface area (Å²) in [6, 6.07) is 5.52. The Labute approximate surface area is 125 Å². The Bertz CT molecular complexity index is 448. The molecule has 0 aromatic heterocycles. The highest BCUT2D eigenvalue weighted by molar-refractivity contribution is 6.30. The van der Waals surface area contributed by atoms with E-state index >= 15 is 0 Å². The molecule has 0 bridgehead atoms. The summed E-state index contributed by atoms with van der Waals surface area (Å²) in [4.78, 5) is 0. The monoisotopic (exact) mass is 299 g/mol. The van der Waals surface area contributed by atoms with Crippen LogP contribution in [0.4, 0.5) is 4.39 Å². The van der Waals surface area contributed by atoms with E-state index in [4.69, 9.17) is 16.3 Å². The maximum absolute atomic E-state index is 13.8. The van der Waals surface area contributed by atoms with Gasteiger partial charge < -0.3 is 10.1 Å². The number of ether oxygens (including phenoxy) is 1. The Morgan fingerprint density at radius 1 is 1.40 bits per heavy atom. The van der Waals surface area contributed by atoms with E-state index in [2.05, 4.69) is 19.2 Å².